The van der Waals surface area contributed by atoms with Crippen LogP contribution in [0.5, 0.6) is 0 Å². The third-order valence-electron chi connectivity index (χ3n) is 1.18. The Hall–Kier alpha value is -0.0800. The summed E-state index contributed by atoms with van der Waals surface area (Å²) in [5.74, 6) is 0. The van der Waals surface area contributed by atoms with Crippen molar-refractivity contribution in [2.45, 2.75) is 40.4 Å². The molecule has 0 aliphatic rings. The van der Waals surface area contributed by atoms with Crippen molar-refractivity contribution in [1.29, 1.82) is 0 Å². The third kappa shape index (κ3) is 3.85. The van der Waals surface area contributed by atoms with Crippen molar-refractivity contribution in [3.8, 4) is 0 Å². The Morgan fingerprint density at radius 1 is 1.40 bits per heavy atom. The zero-order valence-electron chi connectivity index (χ0n) is 7.31. The van der Waals surface area contributed by atoms with Gasteiger partial charge in [-0.1, -0.05) is 27.7 Å². The summed E-state index contributed by atoms with van der Waals surface area (Å²) in [5, 5.41) is 11.1. The summed E-state index contributed by atoms with van der Waals surface area (Å²) in [6.07, 6.45) is 0.0295. The Bertz CT molecular complexity index is 83.7. The molecule has 0 saturated carbocycles. The van der Waals surface area contributed by atoms with Gasteiger partial charge in [0, 0.05) is 12.0 Å². The van der Waals surface area contributed by atoms with Gasteiger partial charge in [-0.2, -0.15) is 0 Å². The number of hydrogen-bond donors (Lipinski definition) is 0. The zero-order valence-corrected chi connectivity index (χ0v) is 7.31. The molecule has 0 spiro atoms. The Morgan fingerprint density at radius 3 is 2.20 bits per heavy atom. The minimum Gasteiger partial charge on any atom is -0.349 e. The molecule has 0 aliphatic heterocycles. The summed E-state index contributed by atoms with van der Waals surface area (Å²) < 4.78 is 5.00. The minimum absolute atomic E-state index is 0.269. The Kier molecular flexibility index (Phi) is 3.91. The SMILES string of the molecule is CCCOC([O])C(C)(C)C. The van der Waals surface area contributed by atoms with E-state index in [0.717, 1.165) is 6.42 Å². The molecule has 0 bridgehead atoms. The van der Waals surface area contributed by atoms with E-state index in [4.69, 9.17) is 4.74 Å². The Morgan fingerprint density at radius 2 is 1.90 bits per heavy atom. The van der Waals surface area contributed by atoms with Crippen molar-refractivity contribution in [1.82, 2.24) is 0 Å². The highest BCUT2D eigenvalue weighted by molar-refractivity contribution is 4.63. The number of hydrogen-bond acceptors (Lipinski definition) is 1. The minimum atomic E-state index is -0.882. The van der Waals surface area contributed by atoms with Crippen LogP contribution in [-0.4, -0.2) is 12.9 Å². The molecule has 0 fully saturated rings. The maximum Gasteiger partial charge on any atom is 0.196 e. The molecular formula is C8H17O2. The number of ether oxygens (including phenoxy) is 1. The van der Waals surface area contributed by atoms with Crippen LogP contribution in [0.1, 0.15) is 34.1 Å². The van der Waals surface area contributed by atoms with E-state index in [9.17, 15) is 5.11 Å². The molecule has 0 aliphatic carbocycles. The second-order valence-electron chi connectivity index (χ2n) is 3.57. The standard InChI is InChI=1S/C8H17O2/c1-5-6-10-7(9)8(2,3)4/h7H,5-6H2,1-4H3. The van der Waals surface area contributed by atoms with Gasteiger partial charge in [-0.05, 0) is 6.42 Å². The third-order valence-corrected chi connectivity index (χ3v) is 1.18. The predicted molar refractivity (Wildman–Crippen MR) is 40.2 cm³/mol. The topological polar surface area (TPSA) is 29.1 Å². The molecule has 0 N–H and O–H groups in total. The Labute approximate surface area is 63.2 Å². The molecule has 0 aromatic carbocycles. The highest BCUT2D eigenvalue weighted by Gasteiger charge is 2.23. The van der Waals surface area contributed by atoms with Gasteiger partial charge < -0.3 is 4.74 Å². The van der Waals surface area contributed by atoms with Gasteiger partial charge in [0.1, 0.15) is 0 Å². The Balaban J connectivity index is 3.52. The van der Waals surface area contributed by atoms with Gasteiger partial charge in [-0.25, -0.2) is 5.11 Å². The largest absolute Gasteiger partial charge is 0.349 e. The average molecular weight is 145 g/mol. The maximum atomic E-state index is 11.1. The summed E-state index contributed by atoms with van der Waals surface area (Å²) in [6.45, 7) is 8.24. The first-order chi connectivity index (χ1) is 4.48. The van der Waals surface area contributed by atoms with Gasteiger partial charge in [0.2, 0.25) is 0 Å². The van der Waals surface area contributed by atoms with E-state index >= 15 is 0 Å². The fourth-order valence-corrected chi connectivity index (χ4v) is 0.475. The summed E-state index contributed by atoms with van der Waals surface area (Å²) >= 11 is 0. The van der Waals surface area contributed by atoms with Crippen LogP contribution < -0.4 is 0 Å². The monoisotopic (exact) mass is 145 g/mol. The molecule has 0 heterocycles. The van der Waals surface area contributed by atoms with Crippen LogP contribution in [0, 0.1) is 5.41 Å². The van der Waals surface area contributed by atoms with Crippen LogP contribution in [0.2, 0.25) is 0 Å². The molecule has 0 saturated heterocycles. The first kappa shape index (κ1) is 9.92. The van der Waals surface area contributed by atoms with Gasteiger partial charge in [0.05, 0.1) is 0 Å². The van der Waals surface area contributed by atoms with E-state index in [1.807, 2.05) is 27.7 Å². The smallest absolute Gasteiger partial charge is 0.196 e. The molecular weight excluding hydrogens is 128 g/mol. The highest BCUT2D eigenvalue weighted by atomic mass is 16.6. The first-order valence-corrected chi connectivity index (χ1v) is 3.76. The summed E-state index contributed by atoms with van der Waals surface area (Å²) in [7, 11) is 0. The van der Waals surface area contributed by atoms with E-state index in [1.165, 1.54) is 0 Å². The maximum absolute atomic E-state index is 11.1. The van der Waals surface area contributed by atoms with Crippen LogP contribution in [0.4, 0.5) is 0 Å². The molecule has 0 rings (SSSR count). The fraction of sp³-hybridized carbons (Fsp3) is 1.00. The lowest BCUT2D eigenvalue weighted by atomic mass is 9.96. The van der Waals surface area contributed by atoms with Crippen molar-refractivity contribution in [2.75, 3.05) is 6.61 Å². The second-order valence-corrected chi connectivity index (χ2v) is 3.57. The molecule has 1 atom stereocenters. The molecule has 0 aromatic heterocycles. The van der Waals surface area contributed by atoms with Crippen molar-refractivity contribution in [3.05, 3.63) is 0 Å². The average Bonchev–Trinajstić information content (AvgIpc) is 1.80. The zero-order chi connectivity index (χ0) is 8.20. The first-order valence-electron chi connectivity index (χ1n) is 3.76. The van der Waals surface area contributed by atoms with Crippen LogP contribution >= 0.6 is 0 Å². The molecule has 0 aromatic rings. The summed E-state index contributed by atoms with van der Waals surface area (Å²) in [5.41, 5.74) is -0.269. The van der Waals surface area contributed by atoms with Gasteiger partial charge >= 0.3 is 0 Å². The molecule has 61 valence electrons. The summed E-state index contributed by atoms with van der Waals surface area (Å²) in [6, 6.07) is 0. The predicted octanol–water partition coefficient (Wildman–Crippen LogP) is 2.22. The molecule has 2 heteroatoms. The quantitative estimate of drug-likeness (QED) is 0.560. The van der Waals surface area contributed by atoms with Crippen molar-refractivity contribution in [3.63, 3.8) is 0 Å². The highest BCUT2D eigenvalue weighted by Crippen LogP contribution is 2.20. The summed E-state index contributed by atoms with van der Waals surface area (Å²) in [4.78, 5) is 0. The fourth-order valence-electron chi connectivity index (χ4n) is 0.475. The van der Waals surface area contributed by atoms with E-state index in [0.29, 0.717) is 6.61 Å². The molecule has 1 radical (unpaired) electrons. The van der Waals surface area contributed by atoms with Crippen LogP contribution in [-0.2, 0) is 9.84 Å². The van der Waals surface area contributed by atoms with Gasteiger partial charge in [0.25, 0.3) is 0 Å². The van der Waals surface area contributed by atoms with E-state index < -0.39 is 6.29 Å². The van der Waals surface area contributed by atoms with Crippen LogP contribution in [0.15, 0.2) is 0 Å². The van der Waals surface area contributed by atoms with E-state index in [1.54, 1.807) is 0 Å². The molecule has 10 heavy (non-hydrogen) atoms. The lowest BCUT2D eigenvalue weighted by molar-refractivity contribution is -0.194. The van der Waals surface area contributed by atoms with Crippen molar-refractivity contribution >= 4 is 0 Å². The van der Waals surface area contributed by atoms with Crippen molar-refractivity contribution in [2.24, 2.45) is 5.41 Å². The molecule has 1 unspecified atom stereocenters. The van der Waals surface area contributed by atoms with Gasteiger partial charge in [-0.3, -0.25) is 0 Å². The molecule has 0 amide bonds. The van der Waals surface area contributed by atoms with Crippen LogP contribution in [0.3, 0.4) is 0 Å². The lowest BCUT2D eigenvalue weighted by Gasteiger charge is -2.23. The second kappa shape index (κ2) is 3.94. The van der Waals surface area contributed by atoms with E-state index in [-0.39, 0.29) is 5.41 Å². The van der Waals surface area contributed by atoms with Crippen LogP contribution in [0.25, 0.3) is 0 Å². The normalized spacial score (nSPS) is 15.3. The van der Waals surface area contributed by atoms with Gasteiger partial charge in [0.15, 0.2) is 6.29 Å². The molecule has 2 nitrogen and oxygen atoms in total. The van der Waals surface area contributed by atoms with Gasteiger partial charge in [-0.15, -0.1) is 0 Å². The number of rotatable bonds is 3. The van der Waals surface area contributed by atoms with Crippen molar-refractivity contribution < 1.29 is 9.84 Å². The lowest BCUT2D eigenvalue weighted by Crippen LogP contribution is -2.27. The van der Waals surface area contributed by atoms with E-state index in [2.05, 4.69) is 0 Å².